The SMILES string of the molecule is CN=C(NCC(C)Oc1ccc(F)cc1)NCC(c1ccco1)N1CCCC1.I. The minimum absolute atomic E-state index is 0. The van der Waals surface area contributed by atoms with Crippen molar-refractivity contribution in [1.29, 1.82) is 0 Å². The summed E-state index contributed by atoms with van der Waals surface area (Å²) in [6, 6.07) is 10.2. The molecule has 0 bridgehead atoms. The number of furan rings is 1. The Balaban J connectivity index is 0.00000300. The predicted molar refractivity (Wildman–Crippen MR) is 124 cm³/mol. The van der Waals surface area contributed by atoms with Gasteiger partial charge in [-0.05, 0) is 69.3 Å². The highest BCUT2D eigenvalue weighted by Gasteiger charge is 2.25. The molecule has 8 heteroatoms. The van der Waals surface area contributed by atoms with Gasteiger partial charge in [0.2, 0.25) is 0 Å². The molecule has 6 nitrogen and oxygen atoms in total. The van der Waals surface area contributed by atoms with Crippen molar-refractivity contribution in [1.82, 2.24) is 15.5 Å². The first-order valence-corrected chi connectivity index (χ1v) is 9.80. The predicted octanol–water partition coefficient (Wildman–Crippen LogP) is 3.81. The topological polar surface area (TPSA) is 62.0 Å². The van der Waals surface area contributed by atoms with E-state index in [4.69, 9.17) is 9.15 Å². The van der Waals surface area contributed by atoms with Gasteiger partial charge >= 0.3 is 0 Å². The number of likely N-dealkylation sites (tertiary alicyclic amines) is 1. The quantitative estimate of drug-likeness (QED) is 0.318. The van der Waals surface area contributed by atoms with Crippen molar-refractivity contribution in [2.45, 2.75) is 31.9 Å². The summed E-state index contributed by atoms with van der Waals surface area (Å²) >= 11 is 0. The average Bonchev–Trinajstić information content (AvgIpc) is 3.41. The Bertz CT molecular complexity index is 734. The second-order valence-corrected chi connectivity index (χ2v) is 6.99. The summed E-state index contributed by atoms with van der Waals surface area (Å²) < 4.78 is 24.4. The van der Waals surface area contributed by atoms with E-state index in [1.165, 1.54) is 25.0 Å². The zero-order valence-corrected chi connectivity index (χ0v) is 19.3. The Labute approximate surface area is 188 Å². The number of ether oxygens (including phenoxy) is 1. The van der Waals surface area contributed by atoms with Crippen molar-refractivity contribution in [2.24, 2.45) is 4.99 Å². The number of hydrogen-bond donors (Lipinski definition) is 2. The Morgan fingerprint density at radius 1 is 1.17 bits per heavy atom. The van der Waals surface area contributed by atoms with E-state index in [1.807, 2.05) is 19.1 Å². The summed E-state index contributed by atoms with van der Waals surface area (Å²) in [6.45, 7) is 5.41. The number of benzene rings is 1. The van der Waals surface area contributed by atoms with E-state index in [9.17, 15) is 4.39 Å². The van der Waals surface area contributed by atoms with Gasteiger partial charge in [-0.1, -0.05) is 0 Å². The number of nitrogens with one attached hydrogen (secondary N) is 2. The van der Waals surface area contributed by atoms with Gasteiger partial charge in [0, 0.05) is 13.6 Å². The van der Waals surface area contributed by atoms with Crippen molar-refractivity contribution in [3.8, 4) is 5.75 Å². The van der Waals surface area contributed by atoms with E-state index in [1.54, 1.807) is 25.4 Å². The highest BCUT2D eigenvalue weighted by molar-refractivity contribution is 14.0. The molecule has 0 aliphatic carbocycles. The third-order valence-corrected chi connectivity index (χ3v) is 4.85. The lowest BCUT2D eigenvalue weighted by Gasteiger charge is -2.27. The van der Waals surface area contributed by atoms with Gasteiger partial charge in [-0.15, -0.1) is 24.0 Å². The van der Waals surface area contributed by atoms with Crippen LogP contribution < -0.4 is 15.4 Å². The maximum absolute atomic E-state index is 13.0. The zero-order valence-electron chi connectivity index (χ0n) is 16.9. The average molecular weight is 516 g/mol. The molecule has 2 aromatic rings. The molecule has 3 rings (SSSR count). The molecule has 0 radical (unpaired) electrons. The molecular weight excluding hydrogens is 486 g/mol. The Morgan fingerprint density at radius 3 is 2.48 bits per heavy atom. The normalized spacial score (nSPS) is 16.7. The Hall–Kier alpha value is -1.81. The lowest BCUT2D eigenvalue weighted by atomic mass is 10.2. The van der Waals surface area contributed by atoms with Crippen LogP contribution in [0, 0.1) is 5.82 Å². The fourth-order valence-corrected chi connectivity index (χ4v) is 3.39. The molecule has 1 saturated heterocycles. The smallest absolute Gasteiger partial charge is 0.191 e. The summed E-state index contributed by atoms with van der Waals surface area (Å²) in [5.41, 5.74) is 0. The van der Waals surface area contributed by atoms with E-state index in [2.05, 4.69) is 20.5 Å². The molecule has 2 N–H and O–H groups in total. The van der Waals surface area contributed by atoms with E-state index >= 15 is 0 Å². The minimum Gasteiger partial charge on any atom is -0.489 e. The Morgan fingerprint density at radius 2 is 1.86 bits per heavy atom. The summed E-state index contributed by atoms with van der Waals surface area (Å²) in [5, 5.41) is 6.68. The van der Waals surface area contributed by atoms with E-state index in [0.29, 0.717) is 24.8 Å². The van der Waals surface area contributed by atoms with Gasteiger partial charge < -0.3 is 19.8 Å². The first kappa shape index (κ1) is 23.5. The lowest BCUT2D eigenvalue weighted by Crippen LogP contribution is -2.45. The van der Waals surface area contributed by atoms with Crippen molar-refractivity contribution in [3.05, 3.63) is 54.2 Å². The number of halogens is 2. The van der Waals surface area contributed by atoms with Crippen LogP contribution in [0.1, 0.15) is 31.6 Å². The molecule has 2 heterocycles. The third-order valence-electron chi connectivity index (χ3n) is 4.85. The number of rotatable bonds is 8. The van der Waals surface area contributed by atoms with Crippen LogP contribution in [0.2, 0.25) is 0 Å². The van der Waals surface area contributed by atoms with Crippen LogP contribution in [-0.4, -0.2) is 50.2 Å². The monoisotopic (exact) mass is 516 g/mol. The molecule has 2 atom stereocenters. The standard InChI is InChI=1S/C21H29FN4O2.HI/c1-16(28-18-9-7-17(22)8-10-18)14-24-21(23-2)25-15-19(20-6-5-13-27-20)26-11-3-4-12-26;/h5-10,13,16,19H,3-4,11-12,14-15H2,1-2H3,(H2,23,24,25);1H. The molecule has 1 aliphatic heterocycles. The second-order valence-electron chi connectivity index (χ2n) is 6.99. The number of hydrogen-bond acceptors (Lipinski definition) is 4. The molecular formula is C21H30FIN4O2. The number of aliphatic imine (C=N–C) groups is 1. The summed E-state index contributed by atoms with van der Waals surface area (Å²) in [5.74, 6) is 2.06. The lowest BCUT2D eigenvalue weighted by molar-refractivity contribution is 0.213. The maximum atomic E-state index is 13.0. The maximum Gasteiger partial charge on any atom is 0.191 e. The van der Waals surface area contributed by atoms with Crippen LogP contribution in [-0.2, 0) is 0 Å². The fraction of sp³-hybridized carbons (Fsp3) is 0.476. The van der Waals surface area contributed by atoms with Gasteiger partial charge in [-0.2, -0.15) is 0 Å². The highest BCUT2D eigenvalue weighted by Crippen LogP contribution is 2.24. The van der Waals surface area contributed by atoms with Crippen LogP contribution >= 0.6 is 24.0 Å². The van der Waals surface area contributed by atoms with Crippen molar-refractivity contribution < 1.29 is 13.5 Å². The van der Waals surface area contributed by atoms with Crippen LogP contribution in [0.5, 0.6) is 5.75 Å². The van der Waals surface area contributed by atoms with Crippen LogP contribution in [0.25, 0.3) is 0 Å². The molecule has 1 fully saturated rings. The van der Waals surface area contributed by atoms with E-state index in [0.717, 1.165) is 18.8 Å². The van der Waals surface area contributed by atoms with Crippen LogP contribution in [0.15, 0.2) is 52.1 Å². The first-order valence-electron chi connectivity index (χ1n) is 9.80. The van der Waals surface area contributed by atoms with Gasteiger partial charge in [-0.3, -0.25) is 9.89 Å². The van der Waals surface area contributed by atoms with Crippen molar-refractivity contribution >= 4 is 29.9 Å². The third kappa shape index (κ3) is 7.18. The Kier molecular flexibility index (Phi) is 9.72. The van der Waals surface area contributed by atoms with E-state index in [-0.39, 0.29) is 41.9 Å². The first-order chi connectivity index (χ1) is 13.7. The van der Waals surface area contributed by atoms with Gasteiger partial charge in [0.25, 0.3) is 0 Å². The molecule has 1 aromatic heterocycles. The van der Waals surface area contributed by atoms with Crippen LogP contribution in [0.4, 0.5) is 4.39 Å². The summed E-state index contributed by atoms with van der Waals surface area (Å²) in [6.07, 6.45) is 4.08. The van der Waals surface area contributed by atoms with Gasteiger partial charge in [-0.25, -0.2) is 4.39 Å². The minimum atomic E-state index is -0.271. The fourth-order valence-electron chi connectivity index (χ4n) is 3.39. The van der Waals surface area contributed by atoms with E-state index < -0.39 is 0 Å². The second kappa shape index (κ2) is 12.0. The van der Waals surface area contributed by atoms with Crippen molar-refractivity contribution in [2.75, 3.05) is 33.2 Å². The molecule has 2 unspecified atom stereocenters. The highest BCUT2D eigenvalue weighted by atomic mass is 127. The van der Waals surface area contributed by atoms with Gasteiger partial charge in [0.05, 0.1) is 18.8 Å². The molecule has 0 amide bonds. The van der Waals surface area contributed by atoms with Crippen LogP contribution in [0.3, 0.4) is 0 Å². The molecule has 29 heavy (non-hydrogen) atoms. The van der Waals surface area contributed by atoms with Crippen molar-refractivity contribution in [3.63, 3.8) is 0 Å². The molecule has 0 spiro atoms. The van der Waals surface area contributed by atoms with Gasteiger partial charge in [0.15, 0.2) is 5.96 Å². The van der Waals surface area contributed by atoms with Gasteiger partial charge in [0.1, 0.15) is 23.4 Å². The summed E-state index contributed by atoms with van der Waals surface area (Å²) in [4.78, 5) is 6.74. The molecule has 1 aliphatic rings. The zero-order chi connectivity index (χ0) is 19.8. The summed E-state index contributed by atoms with van der Waals surface area (Å²) in [7, 11) is 1.75. The molecule has 1 aromatic carbocycles. The number of guanidine groups is 1. The molecule has 160 valence electrons. The molecule has 0 saturated carbocycles. The largest absolute Gasteiger partial charge is 0.489 e. The number of nitrogens with zero attached hydrogens (tertiary/aromatic N) is 2.